The lowest BCUT2D eigenvalue weighted by molar-refractivity contribution is -0.141. The molecule has 0 bridgehead atoms. The summed E-state index contributed by atoms with van der Waals surface area (Å²) in [7, 11) is 1.60. The molecule has 122 valence electrons. The highest BCUT2D eigenvalue weighted by Crippen LogP contribution is 2.28. The third-order valence-electron chi connectivity index (χ3n) is 3.69. The lowest BCUT2D eigenvalue weighted by Crippen LogP contribution is -2.33. The van der Waals surface area contributed by atoms with Crippen LogP contribution in [0.2, 0.25) is 0 Å². The van der Waals surface area contributed by atoms with Crippen molar-refractivity contribution in [3.63, 3.8) is 0 Å². The van der Waals surface area contributed by atoms with Crippen molar-refractivity contribution >= 4 is 11.9 Å². The number of carbonyl (C=O) groups is 2. The average Bonchev–Trinajstić information content (AvgIpc) is 2.50. The van der Waals surface area contributed by atoms with Gasteiger partial charge in [0.1, 0.15) is 5.75 Å². The van der Waals surface area contributed by atoms with Gasteiger partial charge < -0.3 is 15.2 Å². The molecule has 22 heavy (non-hydrogen) atoms. The van der Waals surface area contributed by atoms with Crippen molar-refractivity contribution in [1.29, 1.82) is 0 Å². The first kappa shape index (κ1) is 18.0. The molecule has 0 spiro atoms. The minimum atomic E-state index is -0.861. The minimum absolute atomic E-state index is 0.00519. The molecule has 1 rings (SSSR count). The van der Waals surface area contributed by atoms with Gasteiger partial charge in [0.2, 0.25) is 5.91 Å². The number of para-hydroxylation sites is 1. The van der Waals surface area contributed by atoms with Crippen LogP contribution in [-0.4, -0.2) is 30.6 Å². The Labute approximate surface area is 131 Å². The van der Waals surface area contributed by atoms with Crippen LogP contribution in [0, 0.1) is 5.92 Å². The van der Waals surface area contributed by atoms with Crippen LogP contribution in [0.1, 0.15) is 44.6 Å². The van der Waals surface area contributed by atoms with Crippen molar-refractivity contribution < 1.29 is 19.4 Å². The van der Waals surface area contributed by atoms with E-state index in [1.54, 1.807) is 7.11 Å². The van der Waals surface area contributed by atoms with Gasteiger partial charge in [-0.3, -0.25) is 9.59 Å². The van der Waals surface area contributed by atoms with E-state index in [-0.39, 0.29) is 18.4 Å². The molecular weight excluding hydrogens is 282 g/mol. The number of benzene rings is 1. The normalized spacial score (nSPS) is 13.2. The zero-order chi connectivity index (χ0) is 16.5. The zero-order valence-corrected chi connectivity index (χ0v) is 13.5. The molecule has 0 aliphatic carbocycles. The summed E-state index contributed by atoms with van der Waals surface area (Å²) in [6.45, 7) is 4.07. The number of methoxy groups -OCH3 is 1. The number of carbonyl (C=O) groups excluding carboxylic acids is 1. The summed E-state index contributed by atoms with van der Waals surface area (Å²) < 4.78 is 5.30. The van der Waals surface area contributed by atoms with Gasteiger partial charge in [-0.2, -0.15) is 0 Å². The van der Waals surface area contributed by atoms with Crippen molar-refractivity contribution in [2.75, 3.05) is 13.7 Å². The van der Waals surface area contributed by atoms with Crippen molar-refractivity contribution in [2.24, 2.45) is 5.92 Å². The molecule has 1 aromatic carbocycles. The van der Waals surface area contributed by atoms with E-state index < -0.39 is 11.9 Å². The van der Waals surface area contributed by atoms with E-state index >= 15 is 0 Å². The topological polar surface area (TPSA) is 75.6 Å². The standard InChI is InChI=1S/C17H25NO4/c1-4-7-13(17(20)21)11-18-16(19)10-12(2)14-8-5-6-9-15(14)22-3/h5-6,8-9,12-13H,4,7,10-11H2,1-3H3,(H,18,19)(H,20,21). The maximum Gasteiger partial charge on any atom is 0.308 e. The molecule has 0 aromatic heterocycles. The molecule has 0 fully saturated rings. The molecular formula is C17H25NO4. The Morgan fingerprint density at radius 1 is 1.32 bits per heavy atom. The summed E-state index contributed by atoms with van der Waals surface area (Å²) in [4.78, 5) is 23.1. The first-order valence-corrected chi connectivity index (χ1v) is 7.62. The van der Waals surface area contributed by atoms with Crippen molar-refractivity contribution in [1.82, 2.24) is 5.32 Å². The number of hydrogen-bond acceptors (Lipinski definition) is 3. The maximum atomic E-state index is 12.0. The molecule has 2 N–H and O–H groups in total. The smallest absolute Gasteiger partial charge is 0.308 e. The van der Waals surface area contributed by atoms with Crippen LogP contribution in [0.5, 0.6) is 5.75 Å². The van der Waals surface area contributed by atoms with Crippen LogP contribution in [0.4, 0.5) is 0 Å². The number of amides is 1. The Hall–Kier alpha value is -2.04. The summed E-state index contributed by atoms with van der Waals surface area (Å²) in [5, 5.41) is 11.8. The molecule has 1 amide bonds. The Kier molecular flexibility index (Phi) is 7.43. The molecule has 0 saturated heterocycles. The lowest BCUT2D eigenvalue weighted by atomic mass is 9.96. The fraction of sp³-hybridized carbons (Fsp3) is 0.529. The second kappa shape index (κ2) is 9.07. The van der Waals surface area contributed by atoms with E-state index in [0.29, 0.717) is 12.8 Å². The number of carboxylic acid groups (broad SMARTS) is 1. The summed E-state index contributed by atoms with van der Waals surface area (Å²) in [6.07, 6.45) is 1.65. The summed E-state index contributed by atoms with van der Waals surface area (Å²) in [5.41, 5.74) is 0.975. The van der Waals surface area contributed by atoms with Crippen LogP contribution < -0.4 is 10.1 Å². The van der Waals surface area contributed by atoms with E-state index in [4.69, 9.17) is 9.84 Å². The molecule has 5 heteroatoms. The highest BCUT2D eigenvalue weighted by atomic mass is 16.5. The number of aliphatic carboxylic acids is 1. The molecule has 0 aliphatic rings. The van der Waals surface area contributed by atoms with Crippen LogP contribution in [0.3, 0.4) is 0 Å². The Balaban J connectivity index is 2.55. The first-order valence-electron chi connectivity index (χ1n) is 7.62. The first-order chi connectivity index (χ1) is 10.5. The van der Waals surface area contributed by atoms with E-state index in [1.807, 2.05) is 38.1 Å². The average molecular weight is 307 g/mol. The Bertz CT molecular complexity index is 501. The second-order valence-corrected chi connectivity index (χ2v) is 5.48. The zero-order valence-electron chi connectivity index (χ0n) is 13.5. The van der Waals surface area contributed by atoms with E-state index in [1.165, 1.54) is 0 Å². The van der Waals surface area contributed by atoms with Gasteiger partial charge >= 0.3 is 5.97 Å². The second-order valence-electron chi connectivity index (χ2n) is 5.48. The number of ether oxygens (including phenoxy) is 1. The summed E-state index contributed by atoms with van der Waals surface area (Å²) in [6, 6.07) is 7.60. The highest BCUT2D eigenvalue weighted by Gasteiger charge is 2.19. The SMILES string of the molecule is CCCC(CNC(=O)CC(C)c1ccccc1OC)C(=O)O. The fourth-order valence-electron chi connectivity index (χ4n) is 2.43. The summed E-state index contributed by atoms with van der Waals surface area (Å²) in [5.74, 6) is -0.751. The number of nitrogens with one attached hydrogen (secondary N) is 1. The molecule has 0 radical (unpaired) electrons. The van der Waals surface area contributed by atoms with E-state index in [2.05, 4.69) is 5.32 Å². The van der Waals surface area contributed by atoms with Gasteiger partial charge in [-0.05, 0) is 24.0 Å². The Morgan fingerprint density at radius 2 is 2.00 bits per heavy atom. The van der Waals surface area contributed by atoms with Crippen LogP contribution in [0.25, 0.3) is 0 Å². The third-order valence-corrected chi connectivity index (χ3v) is 3.69. The van der Waals surface area contributed by atoms with Crippen molar-refractivity contribution in [3.8, 4) is 5.75 Å². The summed E-state index contributed by atoms with van der Waals surface area (Å²) >= 11 is 0. The lowest BCUT2D eigenvalue weighted by Gasteiger charge is -2.16. The van der Waals surface area contributed by atoms with Crippen molar-refractivity contribution in [2.45, 2.75) is 39.0 Å². The highest BCUT2D eigenvalue weighted by molar-refractivity contribution is 5.78. The number of carboxylic acids is 1. The molecule has 0 aliphatic heterocycles. The molecule has 2 atom stereocenters. The maximum absolute atomic E-state index is 12.0. The molecule has 2 unspecified atom stereocenters. The quantitative estimate of drug-likeness (QED) is 0.735. The van der Waals surface area contributed by atoms with Gasteiger partial charge in [-0.1, -0.05) is 38.5 Å². The fourth-order valence-corrected chi connectivity index (χ4v) is 2.43. The van der Waals surface area contributed by atoms with E-state index in [9.17, 15) is 9.59 Å². The van der Waals surface area contributed by atoms with Crippen LogP contribution in [0.15, 0.2) is 24.3 Å². The predicted octanol–water partition coefficient (Wildman–Crippen LogP) is 2.81. The van der Waals surface area contributed by atoms with E-state index in [0.717, 1.165) is 17.7 Å². The Morgan fingerprint density at radius 3 is 2.59 bits per heavy atom. The predicted molar refractivity (Wildman–Crippen MR) is 85.1 cm³/mol. The third kappa shape index (κ3) is 5.39. The molecule has 0 heterocycles. The van der Waals surface area contributed by atoms with Crippen molar-refractivity contribution in [3.05, 3.63) is 29.8 Å². The number of hydrogen-bond donors (Lipinski definition) is 2. The number of rotatable bonds is 9. The van der Waals surface area contributed by atoms with Crippen LogP contribution in [-0.2, 0) is 9.59 Å². The molecule has 1 aromatic rings. The van der Waals surface area contributed by atoms with Gasteiger partial charge in [-0.25, -0.2) is 0 Å². The largest absolute Gasteiger partial charge is 0.496 e. The van der Waals surface area contributed by atoms with Gasteiger partial charge in [0.25, 0.3) is 0 Å². The minimum Gasteiger partial charge on any atom is -0.496 e. The monoisotopic (exact) mass is 307 g/mol. The molecule has 0 saturated carbocycles. The van der Waals surface area contributed by atoms with Crippen LogP contribution >= 0.6 is 0 Å². The van der Waals surface area contributed by atoms with Gasteiger partial charge in [-0.15, -0.1) is 0 Å². The van der Waals surface area contributed by atoms with Gasteiger partial charge in [0.15, 0.2) is 0 Å². The molecule has 5 nitrogen and oxygen atoms in total. The van der Waals surface area contributed by atoms with Gasteiger partial charge in [0, 0.05) is 13.0 Å². The van der Waals surface area contributed by atoms with Gasteiger partial charge in [0.05, 0.1) is 13.0 Å².